The largest absolute Gasteiger partial charge is 0.462 e. The Balaban J connectivity index is 1.53. The molecule has 0 spiro atoms. The molecule has 3 heterocycles. The molecule has 1 aliphatic rings. The number of carbonyl (C=O) groups excluding carboxylic acids is 1. The lowest BCUT2D eigenvalue weighted by Crippen LogP contribution is -2.12. The van der Waals surface area contributed by atoms with Gasteiger partial charge < -0.3 is 9.15 Å². The highest BCUT2D eigenvalue weighted by Crippen LogP contribution is 2.44. The number of thioether (sulfide) groups is 1. The molecule has 0 atom stereocenters. The van der Waals surface area contributed by atoms with E-state index in [0.717, 1.165) is 51.7 Å². The molecule has 0 saturated heterocycles. The van der Waals surface area contributed by atoms with Crippen molar-refractivity contribution >= 4 is 50.4 Å². The normalized spacial score (nSPS) is 13.3. The van der Waals surface area contributed by atoms with Crippen LogP contribution in [0.25, 0.3) is 32.4 Å². The number of esters is 1. The number of ether oxygens (including phenoxy) is 1. The summed E-state index contributed by atoms with van der Waals surface area (Å²) in [6.07, 6.45) is 4.46. The SMILES string of the molecule is CCOC(=O)c1c(CSc2nc3ccccc3o2)nc2sc3c(c2c1-c1ccccc1)CCCC3. The minimum absolute atomic E-state index is 0.310. The Hall–Kier alpha value is -3.16. The van der Waals surface area contributed by atoms with Gasteiger partial charge in [-0.05, 0) is 55.9 Å². The zero-order valence-corrected chi connectivity index (χ0v) is 21.0. The third kappa shape index (κ3) is 4.13. The Bertz CT molecular complexity index is 1510. The summed E-state index contributed by atoms with van der Waals surface area (Å²) in [5.41, 5.74) is 6.15. The van der Waals surface area contributed by atoms with Gasteiger partial charge in [0.15, 0.2) is 5.58 Å². The van der Waals surface area contributed by atoms with Gasteiger partial charge in [0, 0.05) is 21.6 Å². The number of oxazole rings is 1. The minimum atomic E-state index is -0.329. The lowest BCUT2D eigenvalue weighted by molar-refractivity contribution is 0.0526. The second-order valence-electron chi connectivity index (χ2n) is 8.52. The van der Waals surface area contributed by atoms with E-state index in [2.05, 4.69) is 17.1 Å². The molecule has 1 aliphatic carbocycles. The highest BCUT2D eigenvalue weighted by molar-refractivity contribution is 7.98. The Kier molecular flexibility index (Phi) is 6.04. The first kappa shape index (κ1) is 22.3. The Labute approximate surface area is 211 Å². The van der Waals surface area contributed by atoms with Gasteiger partial charge in [-0.3, -0.25) is 0 Å². The molecule has 2 aromatic carbocycles. The van der Waals surface area contributed by atoms with E-state index in [-0.39, 0.29) is 5.97 Å². The first-order valence-corrected chi connectivity index (χ1v) is 13.7. The summed E-state index contributed by atoms with van der Waals surface area (Å²) >= 11 is 3.22. The van der Waals surface area contributed by atoms with Crippen molar-refractivity contribution in [3.63, 3.8) is 0 Å². The Morgan fingerprint density at radius 2 is 1.86 bits per heavy atom. The summed E-state index contributed by atoms with van der Waals surface area (Å²) in [5.74, 6) is 0.129. The number of fused-ring (bicyclic) bond motifs is 4. The van der Waals surface area contributed by atoms with Crippen LogP contribution in [-0.2, 0) is 23.3 Å². The average Bonchev–Trinajstić information content (AvgIpc) is 3.48. The van der Waals surface area contributed by atoms with Crippen LogP contribution in [0.3, 0.4) is 0 Å². The molecular formula is C28H24N2O3S2. The van der Waals surface area contributed by atoms with Gasteiger partial charge in [-0.15, -0.1) is 11.3 Å². The second kappa shape index (κ2) is 9.47. The summed E-state index contributed by atoms with van der Waals surface area (Å²) in [5, 5.41) is 1.68. The van der Waals surface area contributed by atoms with E-state index in [1.165, 1.54) is 28.6 Å². The Morgan fingerprint density at radius 3 is 2.69 bits per heavy atom. The zero-order chi connectivity index (χ0) is 23.8. The summed E-state index contributed by atoms with van der Waals surface area (Å²) < 4.78 is 11.5. The molecule has 0 aliphatic heterocycles. The van der Waals surface area contributed by atoms with Crippen LogP contribution in [0.5, 0.6) is 0 Å². The van der Waals surface area contributed by atoms with Crippen molar-refractivity contribution in [1.82, 2.24) is 9.97 Å². The van der Waals surface area contributed by atoms with Gasteiger partial charge in [-0.2, -0.15) is 0 Å². The van der Waals surface area contributed by atoms with Crippen LogP contribution in [0.1, 0.15) is 46.3 Å². The highest BCUT2D eigenvalue weighted by atomic mass is 32.2. The number of carbonyl (C=O) groups is 1. The van der Waals surface area contributed by atoms with Crippen LogP contribution in [0, 0.1) is 0 Å². The monoisotopic (exact) mass is 500 g/mol. The number of benzene rings is 2. The smallest absolute Gasteiger partial charge is 0.340 e. The molecule has 176 valence electrons. The number of para-hydroxylation sites is 2. The van der Waals surface area contributed by atoms with Gasteiger partial charge >= 0.3 is 5.97 Å². The van der Waals surface area contributed by atoms with E-state index in [0.29, 0.717) is 28.8 Å². The number of hydrogen-bond acceptors (Lipinski definition) is 7. The molecular weight excluding hydrogens is 476 g/mol. The molecule has 7 heteroatoms. The third-order valence-electron chi connectivity index (χ3n) is 6.33. The average molecular weight is 501 g/mol. The first-order valence-electron chi connectivity index (χ1n) is 11.9. The number of aromatic nitrogens is 2. The Morgan fingerprint density at radius 1 is 1.06 bits per heavy atom. The molecule has 35 heavy (non-hydrogen) atoms. The maximum Gasteiger partial charge on any atom is 0.340 e. The van der Waals surface area contributed by atoms with Gasteiger partial charge in [-0.25, -0.2) is 14.8 Å². The lowest BCUT2D eigenvalue weighted by Gasteiger charge is -2.17. The van der Waals surface area contributed by atoms with E-state index in [1.807, 2.05) is 49.4 Å². The van der Waals surface area contributed by atoms with Crippen molar-refractivity contribution < 1.29 is 13.9 Å². The zero-order valence-electron chi connectivity index (χ0n) is 19.4. The van der Waals surface area contributed by atoms with E-state index >= 15 is 0 Å². The number of hydrogen-bond donors (Lipinski definition) is 0. The quantitative estimate of drug-likeness (QED) is 0.178. The lowest BCUT2D eigenvalue weighted by atomic mass is 9.90. The molecule has 0 radical (unpaired) electrons. The van der Waals surface area contributed by atoms with Crippen LogP contribution in [-0.4, -0.2) is 22.5 Å². The molecule has 3 aromatic heterocycles. The van der Waals surface area contributed by atoms with E-state index in [4.69, 9.17) is 14.1 Å². The maximum atomic E-state index is 13.4. The van der Waals surface area contributed by atoms with Crippen LogP contribution in [0.2, 0.25) is 0 Å². The number of thiophene rings is 1. The maximum absolute atomic E-state index is 13.4. The molecule has 0 N–H and O–H groups in total. The van der Waals surface area contributed by atoms with E-state index in [1.54, 1.807) is 11.3 Å². The first-order chi connectivity index (χ1) is 17.2. The number of aryl methyl sites for hydroxylation is 2. The molecule has 0 fully saturated rings. The van der Waals surface area contributed by atoms with Crippen molar-refractivity contribution in [2.45, 2.75) is 43.6 Å². The topological polar surface area (TPSA) is 65.2 Å². The summed E-state index contributed by atoms with van der Waals surface area (Å²) in [6, 6.07) is 17.9. The molecule has 5 aromatic rings. The van der Waals surface area contributed by atoms with Crippen molar-refractivity contribution in [2.75, 3.05) is 6.61 Å². The van der Waals surface area contributed by atoms with Crippen molar-refractivity contribution in [3.05, 3.63) is 76.3 Å². The summed E-state index contributed by atoms with van der Waals surface area (Å²) in [6.45, 7) is 2.15. The molecule has 6 rings (SSSR count). The van der Waals surface area contributed by atoms with Crippen LogP contribution >= 0.6 is 23.1 Å². The second-order valence-corrected chi connectivity index (χ2v) is 10.5. The standard InChI is InChI=1S/C28H24N2O3S2/c1-2-32-27(31)25-20(16-34-28-30-19-13-7-8-14-21(19)33-28)29-26-24(18-12-6-9-15-22(18)35-26)23(25)17-10-4-3-5-11-17/h3-5,7-8,10-11,13-14H,2,6,9,12,15-16H2,1H3. The molecule has 0 saturated carbocycles. The van der Waals surface area contributed by atoms with E-state index < -0.39 is 0 Å². The predicted molar refractivity (Wildman–Crippen MR) is 141 cm³/mol. The fraction of sp³-hybridized carbons (Fsp3) is 0.250. The van der Waals surface area contributed by atoms with Gasteiger partial charge in [0.1, 0.15) is 10.3 Å². The fourth-order valence-corrected chi connectivity index (χ4v) is 6.87. The van der Waals surface area contributed by atoms with Gasteiger partial charge in [0.05, 0.1) is 17.9 Å². The molecule has 5 nitrogen and oxygen atoms in total. The van der Waals surface area contributed by atoms with E-state index in [9.17, 15) is 4.79 Å². The third-order valence-corrected chi connectivity index (χ3v) is 8.35. The number of rotatable bonds is 6. The number of nitrogens with zero attached hydrogens (tertiary/aromatic N) is 2. The molecule has 0 unspecified atom stereocenters. The predicted octanol–water partition coefficient (Wildman–Crippen LogP) is 7.45. The van der Waals surface area contributed by atoms with Crippen LogP contribution in [0.4, 0.5) is 0 Å². The van der Waals surface area contributed by atoms with Crippen molar-refractivity contribution in [3.8, 4) is 11.1 Å². The number of pyridine rings is 1. The summed E-state index contributed by atoms with van der Waals surface area (Å²) in [4.78, 5) is 25.5. The van der Waals surface area contributed by atoms with Crippen LogP contribution < -0.4 is 0 Å². The van der Waals surface area contributed by atoms with Gasteiger partial charge in [-0.1, -0.05) is 54.2 Å². The summed E-state index contributed by atoms with van der Waals surface area (Å²) in [7, 11) is 0. The fourth-order valence-electron chi connectivity index (χ4n) is 4.80. The van der Waals surface area contributed by atoms with Gasteiger partial charge in [0.25, 0.3) is 5.22 Å². The minimum Gasteiger partial charge on any atom is -0.462 e. The van der Waals surface area contributed by atoms with Crippen LogP contribution in [0.15, 0.2) is 64.2 Å². The van der Waals surface area contributed by atoms with Gasteiger partial charge in [0.2, 0.25) is 0 Å². The van der Waals surface area contributed by atoms with Crippen molar-refractivity contribution in [1.29, 1.82) is 0 Å². The molecule has 0 bridgehead atoms. The molecule has 0 amide bonds. The highest BCUT2D eigenvalue weighted by Gasteiger charge is 2.28. The van der Waals surface area contributed by atoms with Crippen molar-refractivity contribution in [2.24, 2.45) is 0 Å².